The molecule has 134 valence electrons. The third kappa shape index (κ3) is 2.89. The number of hydrogen-bond donors (Lipinski definition) is 2. The lowest BCUT2D eigenvalue weighted by atomic mass is 9.97. The van der Waals surface area contributed by atoms with Gasteiger partial charge in [0.05, 0.1) is 33.9 Å². The fraction of sp³-hybridized carbons (Fsp3) is 0.350. The first-order valence-corrected chi connectivity index (χ1v) is 9.88. The molecule has 0 aliphatic carbocycles. The Bertz CT molecular complexity index is 914. The topological polar surface area (TPSA) is 56.0 Å². The van der Waals surface area contributed by atoms with Crippen LogP contribution >= 0.6 is 11.3 Å². The van der Waals surface area contributed by atoms with Crippen molar-refractivity contribution in [1.29, 1.82) is 0 Å². The van der Waals surface area contributed by atoms with E-state index in [9.17, 15) is 5.11 Å². The normalized spacial score (nSPS) is 22.0. The van der Waals surface area contributed by atoms with Crippen LogP contribution in [0.2, 0.25) is 0 Å². The number of phenols is 1. The Morgan fingerprint density at radius 2 is 1.88 bits per heavy atom. The van der Waals surface area contributed by atoms with Crippen LogP contribution in [0.15, 0.2) is 36.4 Å². The number of ether oxygens (including phenoxy) is 2. The Hall–Kier alpha value is -2.31. The van der Waals surface area contributed by atoms with Gasteiger partial charge in [-0.15, -0.1) is 11.3 Å². The number of fused-ring (bicyclic) bond motifs is 2. The van der Waals surface area contributed by atoms with Crippen molar-refractivity contribution in [1.82, 2.24) is 4.98 Å². The lowest BCUT2D eigenvalue weighted by Crippen LogP contribution is -3.11. The maximum Gasteiger partial charge on any atom is 0.231 e. The van der Waals surface area contributed by atoms with E-state index in [1.165, 1.54) is 14.6 Å². The average molecular weight is 369 g/mol. The van der Waals surface area contributed by atoms with Crippen molar-refractivity contribution in [3.63, 3.8) is 0 Å². The zero-order chi connectivity index (χ0) is 17.5. The summed E-state index contributed by atoms with van der Waals surface area (Å²) in [6.45, 7) is 3.23. The first kappa shape index (κ1) is 15.9. The molecule has 0 radical (unpaired) electrons. The SMILES string of the molecule is Oc1cc2c(cc1C[NH+]1CCC(c3nc4ccccc4s3)CC1)OCO2. The predicted molar refractivity (Wildman–Crippen MR) is 100 cm³/mol. The summed E-state index contributed by atoms with van der Waals surface area (Å²) < 4.78 is 12.0. The van der Waals surface area contributed by atoms with Crippen molar-refractivity contribution in [2.24, 2.45) is 0 Å². The van der Waals surface area contributed by atoms with Crippen molar-refractivity contribution in [3.8, 4) is 17.2 Å². The van der Waals surface area contributed by atoms with E-state index < -0.39 is 0 Å². The highest BCUT2D eigenvalue weighted by atomic mass is 32.1. The van der Waals surface area contributed by atoms with Gasteiger partial charge in [0.25, 0.3) is 0 Å². The predicted octanol–water partition coefficient (Wildman–Crippen LogP) is 2.69. The quantitative estimate of drug-likeness (QED) is 0.745. The van der Waals surface area contributed by atoms with Crippen molar-refractivity contribution in [3.05, 3.63) is 47.0 Å². The molecule has 2 N–H and O–H groups in total. The zero-order valence-corrected chi connectivity index (χ0v) is 15.2. The molecule has 0 atom stereocenters. The van der Waals surface area contributed by atoms with Gasteiger partial charge < -0.3 is 19.5 Å². The Morgan fingerprint density at radius 3 is 2.69 bits per heavy atom. The van der Waals surface area contributed by atoms with Crippen LogP contribution in [-0.2, 0) is 6.54 Å². The number of thiazole rings is 1. The molecule has 3 aromatic rings. The Balaban J connectivity index is 1.26. The number of aromatic hydroxyl groups is 1. The van der Waals surface area contributed by atoms with Crippen LogP contribution in [0.3, 0.4) is 0 Å². The van der Waals surface area contributed by atoms with Crippen LogP contribution in [0.4, 0.5) is 0 Å². The fourth-order valence-electron chi connectivity index (χ4n) is 3.90. The molecule has 0 spiro atoms. The van der Waals surface area contributed by atoms with E-state index >= 15 is 0 Å². The number of piperidine rings is 1. The summed E-state index contributed by atoms with van der Waals surface area (Å²) in [5.41, 5.74) is 2.05. The summed E-state index contributed by atoms with van der Waals surface area (Å²) in [5, 5.41) is 11.5. The van der Waals surface area contributed by atoms with Gasteiger partial charge >= 0.3 is 0 Å². The van der Waals surface area contributed by atoms with Crippen LogP contribution in [0.1, 0.15) is 29.3 Å². The number of aromatic nitrogens is 1. The van der Waals surface area contributed by atoms with Crippen molar-refractivity contribution >= 4 is 21.6 Å². The molecule has 3 heterocycles. The Kier molecular flexibility index (Phi) is 3.94. The highest BCUT2D eigenvalue weighted by Gasteiger charge is 2.27. The first-order valence-electron chi connectivity index (χ1n) is 9.07. The molecule has 6 heteroatoms. The van der Waals surface area contributed by atoms with Crippen LogP contribution in [-0.4, -0.2) is 30.0 Å². The minimum atomic E-state index is 0.235. The maximum absolute atomic E-state index is 10.3. The number of quaternary nitrogens is 1. The molecule has 0 amide bonds. The van der Waals surface area contributed by atoms with E-state index in [4.69, 9.17) is 14.5 Å². The summed E-state index contributed by atoms with van der Waals surface area (Å²) in [4.78, 5) is 6.33. The van der Waals surface area contributed by atoms with Crippen LogP contribution in [0, 0.1) is 0 Å². The fourth-order valence-corrected chi connectivity index (χ4v) is 5.04. The van der Waals surface area contributed by atoms with E-state index in [1.54, 1.807) is 6.07 Å². The molecular weight excluding hydrogens is 348 g/mol. The van der Waals surface area contributed by atoms with Gasteiger partial charge in [-0.2, -0.15) is 0 Å². The lowest BCUT2D eigenvalue weighted by Gasteiger charge is -2.28. The third-order valence-electron chi connectivity index (χ3n) is 5.37. The van der Waals surface area contributed by atoms with E-state index in [-0.39, 0.29) is 6.79 Å². The van der Waals surface area contributed by atoms with Gasteiger partial charge in [-0.25, -0.2) is 4.98 Å². The molecule has 2 aromatic carbocycles. The molecule has 2 aliphatic rings. The molecular formula is C20H21N2O3S+. The number of rotatable bonds is 3. The molecule has 5 nitrogen and oxygen atoms in total. The second kappa shape index (κ2) is 6.45. The second-order valence-corrected chi connectivity index (χ2v) is 8.12. The van der Waals surface area contributed by atoms with Gasteiger partial charge in [0.2, 0.25) is 6.79 Å². The summed E-state index contributed by atoms with van der Waals surface area (Å²) in [6, 6.07) is 12.0. The second-order valence-electron chi connectivity index (χ2n) is 7.06. The van der Waals surface area contributed by atoms with E-state index in [2.05, 4.69) is 24.3 Å². The van der Waals surface area contributed by atoms with E-state index in [1.807, 2.05) is 17.4 Å². The Morgan fingerprint density at radius 1 is 1.12 bits per heavy atom. The largest absolute Gasteiger partial charge is 0.507 e. The molecule has 1 saturated heterocycles. The molecule has 0 bridgehead atoms. The van der Waals surface area contributed by atoms with Gasteiger partial charge in [0, 0.05) is 24.8 Å². The number of hydrogen-bond acceptors (Lipinski definition) is 5. The van der Waals surface area contributed by atoms with Crippen molar-refractivity contribution in [2.45, 2.75) is 25.3 Å². The van der Waals surface area contributed by atoms with Gasteiger partial charge in [-0.1, -0.05) is 12.1 Å². The number of benzene rings is 2. The lowest BCUT2D eigenvalue weighted by molar-refractivity contribution is -0.919. The molecule has 5 rings (SSSR count). The Labute approximate surface area is 155 Å². The first-order chi connectivity index (χ1) is 12.8. The highest BCUT2D eigenvalue weighted by Crippen LogP contribution is 2.37. The van der Waals surface area contributed by atoms with Gasteiger partial charge in [0.15, 0.2) is 11.5 Å². The summed E-state index contributed by atoms with van der Waals surface area (Å²) in [6.07, 6.45) is 2.28. The number of nitrogens with zero attached hydrogens (tertiary/aromatic N) is 1. The molecule has 1 fully saturated rings. The highest BCUT2D eigenvalue weighted by molar-refractivity contribution is 7.18. The third-order valence-corrected chi connectivity index (χ3v) is 6.57. The summed E-state index contributed by atoms with van der Waals surface area (Å²) in [7, 11) is 0. The van der Waals surface area contributed by atoms with Crippen LogP contribution in [0.25, 0.3) is 10.2 Å². The van der Waals surface area contributed by atoms with Crippen molar-refractivity contribution < 1.29 is 19.5 Å². The maximum atomic E-state index is 10.3. The van der Waals surface area contributed by atoms with E-state index in [0.717, 1.165) is 49.3 Å². The zero-order valence-electron chi connectivity index (χ0n) is 14.4. The molecule has 0 saturated carbocycles. The summed E-state index contributed by atoms with van der Waals surface area (Å²) >= 11 is 1.83. The van der Waals surface area contributed by atoms with Crippen LogP contribution in [0.5, 0.6) is 17.2 Å². The molecule has 1 aromatic heterocycles. The molecule has 0 unspecified atom stereocenters. The van der Waals surface area contributed by atoms with Gasteiger partial charge in [-0.3, -0.25) is 0 Å². The minimum Gasteiger partial charge on any atom is -0.507 e. The van der Waals surface area contributed by atoms with Crippen molar-refractivity contribution in [2.75, 3.05) is 19.9 Å². The van der Waals surface area contributed by atoms with E-state index in [0.29, 0.717) is 17.4 Å². The standard InChI is InChI=1S/C20H20N2O3S/c23-16-10-18-17(24-12-25-18)9-14(16)11-22-7-5-13(6-8-22)20-21-15-3-1-2-4-19(15)26-20/h1-4,9-10,13,23H,5-8,11-12H2/p+1. The molecule has 2 aliphatic heterocycles. The van der Waals surface area contributed by atoms with Crippen LogP contribution < -0.4 is 14.4 Å². The van der Waals surface area contributed by atoms with Gasteiger partial charge in [-0.05, 0) is 18.2 Å². The number of para-hydroxylation sites is 1. The number of phenolic OH excluding ortho intramolecular Hbond substituents is 1. The van der Waals surface area contributed by atoms with Gasteiger partial charge in [0.1, 0.15) is 12.3 Å². The monoisotopic (exact) mass is 369 g/mol. The smallest absolute Gasteiger partial charge is 0.231 e. The molecule has 26 heavy (non-hydrogen) atoms. The number of likely N-dealkylation sites (tertiary alicyclic amines) is 1. The summed E-state index contributed by atoms with van der Waals surface area (Å²) in [5.74, 6) is 2.23. The minimum absolute atomic E-state index is 0.235. The average Bonchev–Trinajstić information content (AvgIpc) is 3.29. The number of nitrogens with one attached hydrogen (secondary N) is 1.